The minimum atomic E-state index is -0.884. The fourth-order valence-corrected chi connectivity index (χ4v) is 5.15. The van der Waals surface area contributed by atoms with Crippen LogP contribution in [0.25, 0.3) is 11.0 Å². The molecule has 9 heteroatoms. The van der Waals surface area contributed by atoms with Gasteiger partial charge in [-0.1, -0.05) is 60.2 Å². The van der Waals surface area contributed by atoms with Gasteiger partial charge in [0.2, 0.25) is 5.88 Å². The molecule has 1 unspecified atom stereocenters. The van der Waals surface area contributed by atoms with Gasteiger partial charge in [-0.05, 0) is 55.3 Å². The van der Waals surface area contributed by atoms with Crippen LogP contribution in [0.5, 0.6) is 23.0 Å². The number of aryl methyl sites for hydroxylation is 1. The van der Waals surface area contributed by atoms with Crippen LogP contribution in [0, 0.1) is 18.3 Å². The summed E-state index contributed by atoms with van der Waals surface area (Å²) >= 11 is 0. The molecule has 2 N–H and O–H groups in total. The molecule has 5 aromatic rings. The van der Waals surface area contributed by atoms with Crippen molar-refractivity contribution in [3.63, 3.8) is 0 Å². The number of allylic oxidation sites excluding steroid dienone is 1. The number of ether oxygens (including phenoxy) is 4. The van der Waals surface area contributed by atoms with Gasteiger partial charge in [-0.2, -0.15) is 5.26 Å². The smallest absolute Gasteiger partial charge is 0.351 e. The van der Waals surface area contributed by atoms with E-state index in [1.807, 2.05) is 50.2 Å². The van der Waals surface area contributed by atoms with Gasteiger partial charge in [0.15, 0.2) is 11.5 Å². The lowest BCUT2D eigenvalue weighted by molar-refractivity contribution is 0.0730. The third-order valence-corrected chi connectivity index (χ3v) is 7.38. The Morgan fingerprint density at radius 1 is 0.956 bits per heavy atom. The average molecular weight is 601 g/mol. The number of carbonyl (C=O) groups is 1. The first kappa shape index (κ1) is 29.1. The lowest BCUT2D eigenvalue weighted by atomic mass is 9.83. The Morgan fingerprint density at radius 3 is 2.53 bits per heavy atom. The first-order chi connectivity index (χ1) is 21.8. The molecule has 1 aliphatic rings. The van der Waals surface area contributed by atoms with Crippen molar-refractivity contribution in [2.24, 2.45) is 5.73 Å². The zero-order valence-electron chi connectivity index (χ0n) is 24.5. The van der Waals surface area contributed by atoms with E-state index < -0.39 is 17.5 Å². The molecule has 0 amide bonds. The molecule has 6 rings (SSSR count). The molecule has 1 atom stereocenters. The molecular formula is C36H28N2O7. The number of rotatable bonds is 8. The monoisotopic (exact) mass is 600 g/mol. The molecule has 45 heavy (non-hydrogen) atoms. The van der Waals surface area contributed by atoms with E-state index in [0.717, 1.165) is 11.1 Å². The van der Waals surface area contributed by atoms with Gasteiger partial charge in [-0.25, -0.2) is 9.59 Å². The van der Waals surface area contributed by atoms with Crippen molar-refractivity contribution in [3.05, 3.63) is 141 Å². The van der Waals surface area contributed by atoms with Crippen molar-refractivity contribution in [2.45, 2.75) is 26.4 Å². The fraction of sp³-hybridized carbons (Fsp3) is 0.139. The van der Waals surface area contributed by atoms with E-state index in [9.17, 15) is 14.9 Å². The summed E-state index contributed by atoms with van der Waals surface area (Å²) in [6.07, 6.45) is 0. The van der Waals surface area contributed by atoms with Crippen molar-refractivity contribution in [1.29, 1.82) is 5.26 Å². The van der Waals surface area contributed by atoms with E-state index in [2.05, 4.69) is 6.07 Å². The Kier molecular flexibility index (Phi) is 7.95. The van der Waals surface area contributed by atoms with Crippen LogP contribution >= 0.6 is 0 Å². The zero-order valence-corrected chi connectivity index (χ0v) is 24.5. The molecular weight excluding hydrogens is 572 g/mol. The minimum absolute atomic E-state index is 0.0775. The molecule has 0 radical (unpaired) electrons. The number of para-hydroxylation sites is 1. The van der Waals surface area contributed by atoms with Gasteiger partial charge in [0.1, 0.15) is 40.9 Å². The quantitative estimate of drug-likeness (QED) is 0.120. The maximum absolute atomic E-state index is 13.0. The molecule has 1 aromatic heterocycles. The SMILES string of the molecule is CCOc1cc(C2C(C#N)=C(N)Oc3cc(OC(=O)c4cc5ccccc5oc4=O)ccc32)ccc1OCc1ccc(C)cc1. The summed E-state index contributed by atoms with van der Waals surface area (Å²) in [6, 6.07) is 28.8. The van der Waals surface area contributed by atoms with Crippen LogP contribution in [0.1, 0.15) is 45.5 Å². The molecule has 224 valence electrons. The summed E-state index contributed by atoms with van der Waals surface area (Å²) in [5.41, 5.74) is 9.28. The van der Waals surface area contributed by atoms with Gasteiger partial charge >= 0.3 is 11.6 Å². The molecule has 4 aromatic carbocycles. The van der Waals surface area contributed by atoms with Crippen LogP contribution in [0.2, 0.25) is 0 Å². The third-order valence-electron chi connectivity index (χ3n) is 7.38. The summed E-state index contributed by atoms with van der Waals surface area (Å²) < 4.78 is 28.6. The highest BCUT2D eigenvalue weighted by Crippen LogP contribution is 2.45. The topological polar surface area (TPSA) is 134 Å². The lowest BCUT2D eigenvalue weighted by Gasteiger charge is -2.27. The number of nitriles is 1. The normalized spacial score (nSPS) is 13.8. The fourth-order valence-electron chi connectivity index (χ4n) is 5.15. The summed E-state index contributed by atoms with van der Waals surface area (Å²) in [5, 5.41) is 10.6. The number of hydrogen-bond acceptors (Lipinski definition) is 9. The number of esters is 1. The van der Waals surface area contributed by atoms with Gasteiger partial charge in [-0.15, -0.1) is 0 Å². The second-order valence-corrected chi connectivity index (χ2v) is 10.4. The third kappa shape index (κ3) is 5.94. The highest BCUT2D eigenvalue weighted by Gasteiger charge is 2.32. The Balaban J connectivity index is 1.29. The number of fused-ring (bicyclic) bond motifs is 2. The first-order valence-corrected chi connectivity index (χ1v) is 14.3. The lowest BCUT2D eigenvalue weighted by Crippen LogP contribution is -2.22. The van der Waals surface area contributed by atoms with Crippen LogP contribution < -0.4 is 30.3 Å². The molecule has 1 aliphatic heterocycles. The second kappa shape index (κ2) is 12.3. The highest BCUT2D eigenvalue weighted by molar-refractivity contribution is 5.94. The van der Waals surface area contributed by atoms with Gasteiger partial charge in [0.25, 0.3) is 0 Å². The number of hydrogen-bond donors (Lipinski definition) is 1. The number of nitrogens with two attached hydrogens (primary N) is 1. The van der Waals surface area contributed by atoms with Gasteiger partial charge in [0, 0.05) is 17.0 Å². The summed E-state index contributed by atoms with van der Waals surface area (Å²) in [4.78, 5) is 25.4. The molecule has 0 saturated carbocycles. The molecule has 2 heterocycles. The molecule has 0 saturated heterocycles. The van der Waals surface area contributed by atoms with Crippen LogP contribution in [0.3, 0.4) is 0 Å². The minimum Gasteiger partial charge on any atom is -0.490 e. The van der Waals surface area contributed by atoms with Crippen LogP contribution in [0.4, 0.5) is 0 Å². The average Bonchev–Trinajstić information content (AvgIpc) is 3.04. The summed E-state index contributed by atoms with van der Waals surface area (Å²) in [5.74, 6) is -0.0634. The molecule has 0 bridgehead atoms. The maximum atomic E-state index is 13.0. The van der Waals surface area contributed by atoms with E-state index in [1.54, 1.807) is 42.5 Å². The van der Waals surface area contributed by atoms with E-state index in [0.29, 0.717) is 47.0 Å². The first-order valence-electron chi connectivity index (χ1n) is 14.3. The zero-order chi connectivity index (χ0) is 31.5. The molecule has 0 aliphatic carbocycles. The van der Waals surface area contributed by atoms with Gasteiger partial charge in [-0.3, -0.25) is 0 Å². The van der Waals surface area contributed by atoms with Crippen molar-refractivity contribution in [1.82, 2.24) is 0 Å². The largest absolute Gasteiger partial charge is 0.490 e. The summed E-state index contributed by atoms with van der Waals surface area (Å²) in [6.45, 7) is 4.67. The second-order valence-electron chi connectivity index (χ2n) is 10.4. The van der Waals surface area contributed by atoms with E-state index >= 15 is 0 Å². The van der Waals surface area contributed by atoms with Crippen molar-refractivity contribution >= 4 is 16.9 Å². The highest BCUT2D eigenvalue weighted by atomic mass is 16.5. The standard InChI is InChI=1S/C36H28N2O7/c1-3-41-32-17-24(12-15-30(32)42-20-22-10-8-21(2)9-11-22)33-26-14-13-25(18-31(26)44-34(38)28(33)19-37)43-35(39)27-16-23-6-4-5-7-29(23)45-36(27)40/h4-18,33H,3,20,38H2,1-2H3. The van der Waals surface area contributed by atoms with Crippen molar-refractivity contribution in [2.75, 3.05) is 6.61 Å². The van der Waals surface area contributed by atoms with E-state index in [1.165, 1.54) is 17.7 Å². The Morgan fingerprint density at radius 2 is 1.76 bits per heavy atom. The molecule has 9 nitrogen and oxygen atoms in total. The van der Waals surface area contributed by atoms with E-state index in [-0.39, 0.29) is 22.8 Å². The summed E-state index contributed by atoms with van der Waals surface area (Å²) in [7, 11) is 0. The Hall–Kier alpha value is -6.01. The maximum Gasteiger partial charge on any atom is 0.351 e. The van der Waals surface area contributed by atoms with Crippen molar-refractivity contribution in [3.8, 4) is 29.1 Å². The van der Waals surface area contributed by atoms with Gasteiger partial charge < -0.3 is 29.1 Å². The predicted molar refractivity (Wildman–Crippen MR) is 166 cm³/mol. The Labute approximate surface area is 258 Å². The Bertz CT molecular complexity index is 2060. The molecule has 0 spiro atoms. The van der Waals surface area contributed by atoms with Gasteiger partial charge in [0.05, 0.1) is 12.5 Å². The van der Waals surface area contributed by atoms with E-state index in [4.69, 9.17) is 29.1 Å². The number of nitrogens with zero attached hydrogens (tertiary/aromatic N) is 1. The van der Waals surface area contributed by atoms with Crippen LogP contribution in [-0.2, 0) is 6.61 Å². The molecule has 0 fully saturated rings. The van der Waals surface area contributed by atoms with Crippen molar-refractivity contribution < 1.29 is 28.2 Å². The van der Waals surface area contributed by atoms with Crippen LogP contribution in [-0.4, -0.2) is 12.6 Å². The number of benzene rings is 4. The van der Waals surface area contributed by atoms with Crippen LogP contribution in [0.15, 0.2) is 112 Å². The predicted octanol–water partition coefficient (Wildman–Crippen LogP) is 6.52. The number of carbonyl (C=O) groups excluding carboxylic acids is 1.